The standard InChI is InChI=1S/C16H16N2O3S/c1-2-17-14-10-6-7-11-15(14)18(12-16(17)19)22(20,21)13-8-4-3-5-9-13/h3-11H,2,12H2,1H3. The first-order valence-corrected chi connectivity index (χ1v) is 8.47. The second-order valence-electron chi connectivity index (χ2n) is 4.95. The Labute approximate surface area is 129 Å². The molecule has 3 rings (SSSR count). The smallest absolute Gasteiger partial charge is 0.264 e. The van der Waals surface area contributed by atoms with Crippen LogP contribution in [0.25, 0.3) is 0 Å². The van der Waals surface area contributed by atoms with E-state index in [-0.39, 0.29) is 17.3 Å². The Kier molecular flexibility index (Phi) is 3.62. The number of likely N-dealkylation sites (N-methyl/N-ethyl adjacent to an activating group) is 1. The number of hydrogen-bond donors (Lipinski definition) is 0. The number of rotatable bonds is 3. The molecule has 0 saturated heterocycles. The normalized spacial score (nSPS) is 14.9. The van der Waals surface area contributed by atoms with Gasteiger partial charge in [0.2, 0.25) is 5.91 Å². The molecule has 1 amide bonds. The van der Waals surface area contributed by atoms with Crippen molar-refractivity contribution >= 4 is 27.3 Å². The molecule has 0 fully saturated rings. The first kappa shape index (κ1) is 14.6. The summed E-state index contributed by atoms with van der Waals surface area (Å²) < 4.78 is 26.9. The van der Waals surface area contributed by atoms with Gasteiger partial charge in [-0.2, -0.15) is 0 Å². The molecule has 2 aromatic rings. The van der Waals surface area contributed by atoms with Gasteiger partial charge in [-0.25, -0.2) is 8.42 Å². The van der Waals surface area contributed by atoms with Crippen molar-refractivity contribution in [3.05, 3.63) is 54.6 Å². The van der Waals surface area contributed by atoms with Crippen molar-refractivity contribution in [2.24, 2.45) is 0 Å². The van der Waals surface area contributed by atoms with Gasteiger partial charge < -0.3 is 4.90 Å². The molecule has 0 bridgehead atoms. The van der Waals surface area contributed by atoms with Crippen LogP contribution in [0.1, 0.15) is 6.92 Å². The van der Waals surface area contributed by atoms with E-state index in [4.69, 9.17) is 0 Å². The number of nitrogens with zero attached hydrogens (tertiary/aromatic N) is 2. The van der Waals surface area contributed by atoms with Crippen molar-refractivity contribution in [3.63, 3.8) is 0 Å². The molecule has 0 atom stereocenters. The third-order valence-electron chi connectivity index (χ3n) is 3.67. The summed E-state index contributed by atoms with van der Waals surface area (Å²) in [7, 11) is -3.75. The van der Waals surface area contributed by atoms with Crippen LogP contribution in [0.15, 0.2) is 59.5 Å². The first-order chi connectivity index (χ1) is 10.6. The molecule has 1 heterocycles. The van der Waals surface area contributed by atoms with E-state index in [9.17, 15) is 13.2 Å². The van der Waals surface area contributed by atoms with Gasteiger partial charge in [0.1, 0.15) is 6.54 Å². The number of amides is 1. The van der Waals surface area contributed by atoms with Crippen molar-refractivity contribution < 1.29 is 13.2 Å². The molecule has 0 aliphatic carbocycles. The van der Waals surface area contributed by atoms with Crippen LogP contribution < -0.4 is 9.21 Å². The van der Waals surface area contributed by atoms with Crippen LogP contribution in [0.3, 0.4) is 0 Å². The maximum atomic E-state index is 12.8. The highest BCUT2D eigenvalue weighted by atomic mass is 32.2. The van der Waals surface area contributed by atoms with Gasteiger partial charge in [0.15, 0.2) is 0 Å². The number of anilines is 2. The number of benzene rings is 2. The summed E-state index contributed by atoms with van der Waals surface area (Å²) in [5.74, 6) is -0.222. The van der Waals surface area contributed by atoms with Crippen molar-refractivity contribution in [3.8, 4) is 0 Å². The monoisotopic (exact) mass is 316 g/mol. The summed E-state index contributed by atoms with van der Waals surface area (Å²) in [5.41, 5.74) is 1.16. The number of hydrogen-bond acceptors (Lipinski definition) is 3. The Hall–Kier alpha value is -2.34. The minimum atomic E-state index is -3.75. The predicted octanol–water partition coefficient (Wildman–Crippen LogP) is 2.25. The summed E-state index contributed by atoms with van der Waals surface area (Å²) in [5, 5.41) is 0. The van der Waals surface area contributed by atoms with Gasteiger partial charge in [-0.15, -0.1) is 0 Å². The molecule has 0 radical (unpaired) electrons. The number of carbonyl (C=O) groups is 1. The lowest BCUT2D eigenvalue weighted by Crippen LogP contribution is -2.48. The Morgan fingerprint density at radius 3 is 2.18 bits per heavy atom. The topological polar surface area (TPSA) is 57.7 Å². The quantitative estimate of drug-likeness (QED) is 0.872. The summed E-state index contributed by atoms with van der Waals surface area (Å²) in [4.78, 5) is 14.1. The van der Waals surface area contributed by atoms with Crippen LogP contribution >= 0.6 is 0 Å². The minimum absolute atomic E-state index is 0.178. The second kappa shape index (κ2) is 5.46. The van der Waals surface area contributed by atoms with E-state index < -0.39 is 10.0 Å². The first-order valence-electron chi connectivity index (χ1n) is 7.03. The molecule has 114 valence electrons. The van der Waals surface area contributed by atoms with E-state index in [1.165, 1.54) is 16.4 Å². The highest BCUT2D eigenvalue weighted by molar-refractivity contribution is 7.92. The molecule has 0 N–H and O–H groups in total. The summed E-state index contributed by atoms with van der Waals surface area (Å²) in [6, 6.07) is 15.2. The lowest BCUT2D eigenvalue weighted by atomic mass is 10.2. The van der Waals surface area contributed by atoms with Gasteiger partial charge in [0, 0.05) is 6.54 Å². The Morgan fingerprint density at radius 2 is 1.55 bits per heavy atom. The molecular formula is C16H16N2O3S. The van der Waals surface area contributed by atoms with Crippen LogP contribution in [-0.4, -0.2) is 27.4 Å². The Bertz CT molecular complexity index is 803. The zero-order valence-electron chi connectivity index (χ0n) is 12.1. The van der Waals surface area contributed by atoms with E-state index >= 15 is 0 Å². The molecule has 5 nitrogen and oxygen atoms in total. The molecule has 22 heavy (non-hydrogen) atoms. The van der Waals surface area contributed by atoms with Gasteiger partial charge >= 0.3 is 0 Å². The number of carbonyl (C=O) groups excluding carboxylic acids is 1. The maximum Gasteiger partial charge on any atom is 0.264 e. The fourth-order valence-electron chi connectivity index (χ4n) is 2.61. The van der Waals surface area contributed by atoms with Crippen molar-refractivity contribution in [1.82, 2.24) is 0 Å². The van der Waals surface area contributed by atoms with Gasteiger partial charge in [-0.05, 0) is 31.2 Å². The third kappa shape index (κ3) is 2.25. The molecular weight excluding hydrogens is 300 g/mol. The molecule has 6 heteroatoms. The highest BCUT2D eigenvalue weighted by Crippen LogP contribution is 2.36. The Morgan fingerprint density at radius 1 is 0.955 bits per heavy atom. The molecule has 1 aliphatic rings. The SMILES string of the molecule is CCN1C(=O)CN(S(=O)(=O)c2ccccc2)c2ccccc21. The summed E-state index contributed by atoms with van der Waals surface area (Å²) in [6.07, 6.45) is 0. The van der Waals surface area contributed by atoms with Gasteiger partial charge in [0.25, 0.3) is 10.0 Å². The van der Waals surface area contributed by atoms with E-state index in [2.05, 4.69) is 0 Å². The fourth-order valence-corrected chi connectivity index (χ4v) is 4.06. The average Bonchev–Trinajstić information content (AvgIpc) is 2.55. The number of para-hydroxylation sites is 2. The lowest BCUT2D eigenvalue weighted by molar-refractivity contribution is -0.117. The van der Waals surface area contributed by atoms with E-state index in [0.29, 0.717) is 17.9 Å². The number of fused-ring (bicyclic) bond motifs is 1. The molecule has 1 aliphatic heterocycles. The predicted molar refractivity (Wildman–Crippen MR) is 85.4 cm³/mol. The van der Waals surface area contributed by atoms with Crippen molar-refractivity contribution in [1.29, 1.82) is 0 Å². The fraction of sp³-hybridized carbons (Fsp3) is 0.188. The van der Waals surface area contributed by atoms with Gasteiger partial charge in [0.05, 0.1) is 16.3 Å². The van der Waals surface area contributed by atoms with E-state index in [0.717, 1.165) is 0 Å². The van der Waals surface area contributed by atoms with E-state index in [1.54, 1.807) is 47.4 Å². The van der Waals surface area contributed by atoms with Crippen molar-refractivity contribution in [2.45, 2.75) is 11.8 Å². The van der Waals surface area contributed by atoms with Crippen molar-refractivity contribution in [2.75, 3.05) is 22.3 Å². The zero-order chi connectivity index (χ0) is 15.7. The molecule has 0 spiro atoms. The zero-order valence-corrected chi connectivity index (χ0v) is 13.0. The average molecular weight is 316 g/mol. The van der Waals surface area contributed by atoms with Crippen LogP contribution in [0.2, 0.25) is 0 Å². The summed E-state index contributed by atoms with van der Waals surface area (Å²) >= 11 is 0. The maximum absolute atomic E-state index is 12.8. The lowest BCUT2D eigenvalue weighted by Gasteiger charge is -2.36. The van der Waals surface area contributed by atoms with Crippen LogP contribution in [0, 0.1) is 0 Å². The Balaban J connectivity index is 2.15. The molecule has 0 aromatic heterocycles. The second-order valence-corrected chi connectivity index (χ2v) is 6.81. The van der Waals surface area contributed by atoms with Crippen LogP contribution in [0.5, 0.6) is 0 Å². The van der Waals surface area contributed by atoms with Gasteiger partial charge in [-0.3, -0.25) is 9.10 Å². The van der Waals surface area contributed by atoms with Crippen LogP contribution in [-0.2, 0) is 14.8 Å². The van der Waals surface area contributed by atoms with Gasteiger partial charge in [-0.1, -0.05) is 30.3 Å². The van der Waals surface area contributed by atoms with E-state index in [1.807, 2.05) is 6.92 Å². The molecule has 2 aromatic carbocycles. The molecule has 0 saturated carbocycles. The minimum Gasteiger partial charge on any atom is -0.309 e. The highest BCUT2D eigenvalue weighted by Gasteiger charge is 2.35. The molecule has 0 unspecified atom stereocenters. The number of sulfonamides is 1. The third-order valence-corrected chi connectivity index (χ3v) is 5.44. The summed E-state index contributed by atoms with van der Waals surface area (Å²) in [6.45, 7) is 2.20. The van der Waals surface area contributed by atoms with Crippen LogP contribution in [0.4, 0.5) is 11.4 Å². The largest absolute Gasteiger partial charge is 0.309 e.